The zero-order chi connectivity index (χ0) is 16.8. The van der Waals surface area contributed by atoms with Gasteiger partial charge in [0, 0.05) is 31.4 Å². The Morgan fingerprint density at radius 2 is 2.00 bits per heavy atom. The number of piperidine rings is 1. The van der Waals surface area contributed by atoms with Crippen molar-refractivity contribution < 1.29 is 9.90 Å². The number of nitrogens with zero attached hydrogens (tertiary/aromatic N) is 2. The molecule has 3 rings (SSSR count). The second kappa shape index (κ2) is 8.44. The van der Waals surface area contributed by atoms with Crippen LogP contribution in [-0.2, 0) is 6.54 Å². The summed E-state index contributed by atoms with van der Waals surface area (Å²) in [5.41, 5.74) is 0.855. The third-order valence-corrected chi connectivity index (χ3v) is 5.18. The van der Waals surface area contributed by atoms with Gasteiger partial charge >= 0.3 is 6.03 Å². The van der Waals surface area contributed by atoms with E-state index in [1.54, 1.807) is 6.20 Å². The normalized spacial score (nSPS) is 26.0. The number of likely N-dealkylation sites (tertiary alicyclic amines) is 1. The molecular formula is C18H28N4O2. The van der Waals surface area contributed by atoms with E-state index in [0.717, 1.165) is 50.9 Å². The third-order valence-electron chi connectivity index (χ3n) is 5.18. The molecule has 6 heteroatoms. The molecule has 0 bridgehead atoms. The summed E-state index contributed by atoms with van der Waals surface area (Å²) in [5.74, 6) is 0. The van der Waals surface area contributed by atoms with Crippen molar-refractivity contribution in [3.63, 3.8) is 0 Å². The van der Waals surface area contributed by atoms with E-state index in [1.807, 2.05) is 18.2 Å². The molecule has 6 nitrogen and oxygen atoms in total. The van der Waals surface area contributed by atoms with Crippen molar-refractivity contribution in [2.24, 2.45) is 0 Å². The fraction of sp³-hybridized carbons (Fsp3) is 0.667. The maximum atomic E-state index is 12.0. The van der Waals surface area contributed by atoms with Gasteiger partial charge in [-0.25, -0.2) is 4.79 Å². The lowest BCUT2D eigenvalue weighted by atomic mass is 9.89. The second-order valence-corrected chi connectivity index (χ2v) is 6.88. The smallest absolute Gasteiger partial charge is 0.315 e. The first-order valence-electron chi connectivity index (χ1n) is 9.09. The molecule has 2 aliphatic rings. The van der Waals surface area contributed by atoms with Crippen LogP contribution in [0.2, 0.25) is 0 Å². The van der Waals surface area contributed by atoms with Gasteiger partial charge in [0.2, 0.25) is 0 Å². The minimum atomic E-state index is -0.176. The molecule has 2 heterocycles. The number of aliphatic hydroxyl groups is 1. The van der Waals surface area contributed by atoms with Crippen LogP contribution < -0.4 is 10.6 Å². The Bertz CT molecular complexity index is 517. The molecule has 2 atom stereocenters. The third kappa shape index (κ3) is 4.68. The second-order valence-electron chi connectivity index (χ2n) is 6.88. The highest BCUT2D eigenvalue weighted by molar-refractivity contribution is 5.74. The van der Waals surface area contributed by atoms with E-state index in [2.05, 4.69) is 20.5 Å². The van der Waals surface area contributed by atoms with E-state index in [-0.39, 0.29) is 18.2 Å². The molecule has 1 saturated carbocycles. The number of urea groups is 1. The Balaban J connectivity index is 1.38. The molecule has 1 saturated heterocycles. The van der Waals surface area contributed by atoms with Gasteiger partial charge < -0.3 is 15.7 Å². The molecule has 2 fully saturated rings. The van der Waals surface area contributed by atoms with E-state index in [1.165, 1.54) is 6.42 Å². The van der Waals surface area contributed by atoms with Crippen molar-refractivity contribution in [2.45, 2.75) is 63.3 Å². The summed E-state index contributed by atoms with van der Waals surface area (Å²) >= 11 is 0. The lowest BCUT2D eigenvalue weighted by molar-refractivity contribution is 0.00777. The molecule has 2 unspecified atom stereocenters. The van der Waals surface area contributed by atoms with Crippen LogP contribution in [0.15, 0.2) is 24.4 Å². The van der Waals surface area contributed by atoms with Crippen molar-refractivity contribution >= 4 is 6.03 Å². The summed E-state index contributed by atoms with van der Waals surface area (Å²) in [7, 11) is 0. The van der Waals surface area contributed by atoms with Gasteiger partial charge in [0.25, 0.3) is 0 Å². The zero-order valence-corrected chi connectivity index (χ0v) is 14.2. The first-order chi connectivity index (χ1) is 11.7. The van der Waals surface area contributed by atoms with Crippen LogP contribution in [0.5, 0.6) is 0 Å². The Hall–Kier alpha value is -1.66. The number of carbonyl (C=O) groups excluding carboxylic acids is 1. The van der Waals surface area contributed by atoms with Gasteiger partial charge in [-0.05, 0) is 37.8 Å². The van der Waals surface area contributed by atoms with Crippen LogP contribution >= 0.6 is 0 Å². The van der Waals surface area contributed by atoms with Gasteiger partial charge in [-0.15, -0.1) is 0 Å². The van der Waals surface area contributed by atoms with Crippen LogP contribution in [0.25, 0.3) is 0 Å². The molecule has 1 aromatic rings. The van der Waals surface area contributed by atoms with Gasteiger partial charge in [-0.1, -0.05) is 18.9 Å². The molecule has 132 valence electrons. The molecule has 1 aromatic heterocycles. The Morgan fingerprint density at radius 1 is 1.21 bits per heavy atom. The number of rotatable bonds is 4. The average molecular weight is 332 g/mol. The van der Waals surface area contributed by atoms with Crippen molar-refractivity contribution in [3.8, 4) is 0 Å². The first-order valence-corrected chi connectivity index (χ1v) is 9.09. The highest BCUT2D eigenvalue weighted by atomic mass is 16.3. The van der Waals surface area contributed by atoms with E-state index in [9.17, 15) is 9.90 Å². The summed E-state index contributed by atoms with van der Waals surface area (Å²) < 4.78 is 0. The fourth-order valence-corrected chi connectivity index (χ4v) is 3.80. The van der Waals surface area contributed by atoms with E-state index in [0.29, 0.717) is 12.6 Å². The summed E-state index contributed by atoms with van der Waals surface area (Å²) in [4.78, 5) is 18.6. The SMILES string of the molecule is O=C(NCc1ccccn1)NC1CCN(C2CCCCC2O)CC1. The highest BCUT2D eigenvalue weighted by Crippen LogP contribution is 2.25. The summed E-state index contributed by atoms with van der Waals surface area (Å²) in [6, 6.07) is 6.08. The predicted octanol–water partition coefficient (Wildman–Crippen LogP) is 1.65. The lowest BCUT2D eigenvalue weighted by Gasteiger charge is -2.41. The number of nitrogens with one attached hydrogen (secondary N) is 2. The number of carbonyl (C=O) groups is 1. The maximum absolute atomic E-state index is 12.0. The monoisotopic (exact) mass is 332 g/mol. The van der Waals surface area contributed by atoms with Gasteiger partial charge in [0.1, 0.15) is 0 Å². The minimum Gasteiger partial charge on any atom is -0.391 e. The molecule has 1 aliphatic carbocycles. The van der Waals surface area contributed by atoms with Gasteiger partial charge in [-0.2, -0.15) is 0 Å². The summed E-state index contributed by atoms with van der Waals surface area (Å²) in [6.45, 7) is 2.35. The topological polar surface area (TPSA) is 77.5 Å². The predicted molar refractivity (Wildman–Crippen MR) is 92.5 cm³/mol. The lowest BCUT2D eigenvalue weighted by Crippen LogP contribution is -2.53. The molecule has 1 aliphatic heterocycles. The average Bonchev–Trinajstić information content (AvgIpc) is 2.62. The highest BCUT2D eigenvalue weighted by Gasteiger charge is 2.31. The van der Waals surface area contributed by atoms with Crippen LogP contribution in [-0.4, -0.2) is 52.3 Å². The van der Waals surface area contributed by atoms with E-state index < -0.39 is 0 Å². The minimum absolute atomic E-state index is 0.128. The maximum Gasteiger partial charge on any atom is 0.315 e. The summed E-state index contributed by atoms with van der Waals surface area (Å²) in [6.07, 6.45) is 7.83. The fourth-order valence-electron chi connectivity index (χ4n) is 3.80. The van der Waals surface area contributed by atoms with Crippen molar-refractivity contribution in [3.05, 3.63) is 30.1 Å². The largest absolute Gasteiger partial charge is 0.391 e. The molecule has 0 aromatic carbocycles. The number of amides is 2. The molecule has 3 N–H and O–H groups in total. The van der Waals surface area contributed by atoms with Crippen LogP contribution in [0.4, 0.5) is 4.79 Å². The van der Waals surface area contributed by atoms with E-state index in [4.69, 9.17) is 0 Å². The number of aliphatic hydroxyl groups excluding tert-OH is 1. The quantitative estimate of drug-likeness (QED) is 0.783. The molecule has 24 heavy (non-hydrogen) atoms. The van der Waals surface area contributed by atoms with Gasteiger partial charge in [-0.3, -0.25) is 9.88 Å². The van der Waals surface area contributed by atoms with Gasteiger partial charge in [0.15, 0.2) is 0 Å². The number of hydrogen-bond donors (Lipinski definition) is 3. The summed E-state index contributed by atoms with van der Waals surface area (Å²) in [5, 5.41) is 16.1. The molecule has 0 spiro atoms. The van der Waals surface area contributed by atoms with E-state index >= 15 is 0 Å². The standard InChI is InChI=1S/C18H28N4O2/c23-17-7-2-1-6-16(17)22-11-8-14(9-12-22)21-18(24)20-13-15-5-3-4-10-19-15/h3-5,10,14,16-17,23H,1-2,6-9,11-13H2,(H2,20,21,24). The van der Waals surface area contributed by atoms with Crippen LogP contribution in [0, 0.1) is 0 Å². The van der Waals surface area contributed by atoms with Crippen molar-refractivity contribution in [2.75, 3.05) is 13.1 Å². The Morgan fingerprint density at radius 3 is 2.71 bits per heavy atom. The zero-order valence-electron chi connectivity index (χ0n) is 14.2. The van der Waals surface area contributed by atoms with Crippen molar-refractivity contribution in [1.29, 1.82) is 0 Å². The molecule has 0 radical (unpaired) electrons. The Labute approximate surface area is 143 Å². The van der Waals surface area contributed by atoms with Crippen LogP contribution in [0.3, 0.4) is 0 Å². The van der Waals surface area contributed by atoms with Crippen molar-refractivity contribution in [1.82, 2.24) is 20.5 Å². The first kappa shape index (κ1) is 17.2. The number of aromatic nitrogens is 1. The number of hydrogen-bond acceptors (Lipinski definition) is 4. The Kier molecular flexibility index (Phi) is 6.04. The molecular weight excluding hydrogens is 304 g/mol. The molecule has 2 amide bonds. The number of pyridine rings is 1. The van der Waals surface area contributed by atoms with Gasteiger partial charge in [0.05, 0.1) is 18.3 Å². The van der Waals surface area contributed by atoms with Crippen LogP contribution in [0.1, 0.15) is 44.2 Å².